The third kappa shape index (κ3) is 6.96. The predicted octanol–water partition coefficient (Wildman–Crippen LogP) is 2.75. The van der Waals surface area contributed by atoms with Gasteiger partial charge in [0, 0.05) is 31.2 Å². The van der Waals surface area contributed by atoms with Crippen LogP contribution in [0.1, 0.15) is 19.8 Å². The van der Waals surface area contributed by atoms with Crippen molar-refractivity contribution in [3.05, 3.63) is 29.3 Å². The summed E-state index contributed by atoms with van der Waals surface area (Å²) in [6.45, 7) is 6.50. The number of morpholine rings is 1. The highest BCUT2D eigenvalue weighted by molar-refractivity contribution is 14.0. The van der Waals surface area contributed by atoms with Crippen LogP contribution in [0.3, 0.4) is 0 Å². The summed E-state index contributed by atoms with van der Waals surface area (Å²) in [5, 5.41) is 7.37. The fourth-order valence-electron chi connectivity index (χ4n) is 3.47. The van der Waals surface area contributed by atoms with Crippen molar-refractivity contribution < 1.29 is 9.47 Å². The summed E-state index contributed by atoms with van der Waals surface area (Å²) in [5.74, 6) is 1.58. The molecule has 2 N–H and O–H groups in total. The maximum atomic E-state index is 5.98. The highest BCUT2D eigenvalue weighted by atomic mass is 127. The predicted molar refractivity (Wildman–Crippen MR) is 121 cm³/mol. The van der Waals surface area contributed by atoms with E-state index >= 15 is 0 Å². The van der Waals surface area contributed by atoms with E-state index in [-0.39, 0.29) is 36.2 Å². The number of hydrogen-bond acceptors (Lipinski definition) is 4. The molecule has 0 bridgehead atoms. The van der Waals surface area contributed by atoms with Gasteiger partial charge in [0.25, 0.3) is 0 Å². The van der Waals surface area contributed by atoms with Crippen molar-refractivity contribution >= 4 is 41.5 Å². The Morgan fingerprint density at radius 1 is 1.37 bits per heavy atom. The molecule has 0 spiro atoms. The molecule has 8 heteroatoms. The van der Waals surface area contributed by atoms with Crippen LogP contribution in [0.5, 0.6) is 5.75 Å². The zero-order valence-corrected chi connectivity index (χ0v) is 19.1. The van der Waals surface area contributed by atoms with Gasteiger partial charge < -0.3 is 20.1 Å². The number of ether oxygens (including phenoxy) is 2. The largest absolute Gasteiger partial charge is 0.489 e. The van der Waals surface area contributed by atoms with Crippen molar-refractivity contribution in [2.75, 3.05) is 39.8 Å². The number of benzene rings is 1. The second-order valence-electron chi connectivity index (χ2n) is 6.96. The Hall–Kier alpha value is -0.770. The van der Waals surface area contributed by atoms with E-state index in [1.54, 1.807) is 7.05 Å². The number of aliphatic imine (C=N–C) groups is 1. The SMILES string of the molecule is CN=C(NCC(C)Oc1ccc(Cl)cc1)NCC1CN2CCCC2CO1.I. The van der Waals surface area contributed by atoms with Gasteiger partial charge in [0.05, 0.1) is 19.3 Å². The standard InChI is InChI=1S/C19H29ClN4O2.HI/c1-14(26-17-7-5-15(20)6-8-17)10-22-19(21-2)23-11-18-12-24-9-3-4-16(24)13-25-18;/h5-8,14,16,18H,3-4,9-13H2,1-2H3,(H2,21,22,23);1H. The summed E-state index contributed by atoms with van der Waals surface area (Å²) in [6, 6.07) is 8.03. The number of fused-ring (bicyclic) bond motifs is 1. The van der Waals surface area contributed by atoms with E-state index in [9.17, 15) is 0 Å². The third-order valence-corrected chi connectivity index (χ3v) is 5.14. The molecule has 6 nitrogen and oxygen atoms in total. The van der Waals surface area contributed by atoms with Gasteiger partial charge in [-0.15, -0.1) is 24.0 Å². The van der Waals surface area contributed by atoms with E-state index in [1.807, 2.05) is 31.2 Å². The molecule has 0 aromatic heterocycles. The lowest BCUT2D eigenvalue weighted by Gasteiger charge is -2.35. The minimum atomic E-state index is 0. The number of halogens is 2. The van der Waals surface area contributed by atoms with Crippen LogP contribution in [0, 0.1) is 0 Å². The Bertz CT molecular complexity index is 602. The number of nitrogens with zero attached hydrogens (tertiary/aromatic N) is 2. The van der Waals surface area contributed by atoms with Crippen LogP contribution in [0.15, 0.2) is 29.3 Å². The first kappa shape index (κ1) is 22.5. The highest BCUT2D eigenvalue weighted by Crippen LogP contribution is 2.22. The average molecular weight is 509 g/mol. The molecule has 27 heavy (non-hydrogen) atoms. The van der Waals surface area contributed by atoms with Crippen LogP contribution in [-0.4, -0.2) is 68.9 Å². The van der Waals surface area contributed by atoms with Crippen LogP contribution in [0.25, 0.3) is 0 Å². The lowest BCUT2D eigenvalue weighted by atomic mass is 10.2. The third-order valence-electron chi connectivity index (χ3n) is 4.89. The van der Waals surface area contributed by atoms with E-state index < -0.39 is 0 Å². The number of guanidine groups is 1. The molecule has 152 valence electrons. The first-order valence-electron chi connectivity index (χ1n) is 9.36. The van der Waals surface area contributed by atoms with Crippen molar-refractivity contribution in [1.82, 2.24) is 15.5 Å². The molecule has 3 unspecified atom stereocenters. The molecule has 2 heterocycles. The summed E-state index contributed by atoms with van der Waals surface area (Å²) in [6.07, 6.45) is 2.79. The van der Waals surface area contributed by atoms with Crippen molar-refractivity contribution in [3.63, 3.8) is 0 Å². The summed E-state index contributed by atoms with van der Waals surface area (Å²) >= 11 is 5.89. The van der Waals surface area contributed by atoms with Crippen molar-refractivity contribution in [2.24, 2.45) is 4.99 Å². The van der Waals surface area contributed by atoms with Crippen LogP contribution in [-0.2, 0) is 4.74 Å². The van der Waals surface area contributed by atoms with E-state index in [1.165, 1.54) is 19.4 Å². The lowest BCUT2D eigenvalue weighted by molar-refractivity contribution is -0.0453. The van der Waals surface area contributed by atoms with Crippen LogP contribution in [0.4, 0.5) is 0 Å². The molecule has 0 aliphatic carbocycles. The lowest BCUT2D eigenvalue weighted by Crippen LogP contribution is -2.51. The number of rotatable bonds is 6. The summed E-state index contributed by atoms with van der Waals surface area (Å²) in [4.78, 5) is 6.83. The Morgan fingerprint density at radius 2 is 2.15 bits per heavy atom. The Kier molecular flexibility index (Phi) is 9.41. The van der Waals surface area contributed by atoms with Gasteiger partial charge in [-0.25, -0.2) is 0 Å². The molecular weight excluding hydrogens is 479 g/mol. The van der Waals surface area contributed by atoms with Gasteiger partial charge in [0.15, 0.2) is 5.96 Å². The first-order valence-corrected chi connectivity index (χ1v) is 9.74. The number of hydrogen-bond donors (Lipinski definition) is 2. The van der Waals surface area contributed by atoms with E-state index in [0.29, 0.717) is 17.6 Å². The van der Waals surface area contributed by atoms with Crippen LogP contribution in [0.2, 0.25) is 5.02 Å². The highest BCUT2D eigenvalue weighted by Gasteiger charge is 2.32. The van der Waals surface area contributed by atoms with Gasteiger partial charge in [-0.2, -0.15) is 0 Å². The topological polar surface area (TPSA) is 58.1 Å². The zero-order valence-electron chi connectivity index (χ0n) is 16.0. The first-order chi connectivity index (χ1) is 12.6. The maximum Gasteiger partial charge on any atom is 0.191 e. The summed E-state index contributed by atoms with van der Waals surface area (Å²) in [5.41, 5.74) is 0. The summed E-state index contributed by atoms with van der Waals surface area (Å²) in [7, 11) is 1.78. The fraction of sp³-hybridized carbons (Fsp3) is 0.632. The Labute approximate surface area is 184 Å². The molecule has 2 aliphatic heterocycles. The maximum absolute atomic E-state index is 5.98. The molecular formula is C19H30ClIN4O2. The minimum Gasteiger partial charge on any atom is -0.489 e. The molecule has 2 saturated heterocycles. The van der Waals surface area contributed by atoms with E-state index in [4.69, 9.17) is 21.1 Å². The molecule has 3 rings (SSSR count). The molecule has 0 amide bonds. The van der Waals surface area contributed by atoms with Gasteiger partial charge >= 0.3 is 0 Å². The van der Waals surface area contributed by atoms with E-state index in [0.717, 1.165) is 31.4 Å². The van der Waals surface area contributed by atoms with Gasteiger partial charge in [0.2, 0.25) is 0 Å². The monoisotopic (exact) mass is 508 g/mol. The quantitative estimate of drug-likeness (QED) is 0.352. The zero-order chi connectivity index (χ0) is 18.4. The normalized spacial score (nSPS) is 23.9. The van der Waals surface area contributed by atoms with Gasteiger partial charge in [-0.05, 0) is 50.6 Å². The average Bonchev–Trinajstić information content (AvgIpc) is 3.11. The van der Waals surface area contributed by atoms with Gasteiger partial charge in [0.1, 0.15) is 11.9 Å². The van der Waals surface area contributed by atoms with Gasteiger partial charge in [-0.3, -0.25) is 9.89 Å². The van der Waals surface area contributed by atoms with E-state index in [2.05, 4.69) is 20.5 Å². The molecule has 2 fully saturated rings. The number of nitrogens with one attached hydrogen (secondary N) is 2. The molecule has 1 aromatic rings. The minimum absolute atomic E-state index is 0. The van der Waals surface area contributed by atoms with Crippen molar-refractivity contribution in [2.45, 2.75) is 38.0 Å². The van der Waals surface area contributed by atoms with Gasteiger partial charge in [-0.1, -0.05) is 11.6 Å². The van der Waals surface area contributed by atoms with Crippen molar-refractivity contribution in [3.8, 4) is 5.75 Å². The molecule has 0 saturated carbocycles. The molecule has 0 radical (unpaired) electrons. The molecule has 1 aromatic carbocycles. The molecule has 3 atom stereocenters. The molecule has 2 aliphatic rings. The Morgan fingerprint density at radius 3 is 2.89 bits per heavy atom. The smallest absolute Gasteiger partial charge is 0.191 e. The van der Waals surface area contributed by atoms with Crippen LogP contribution >= 0.6 is 35.6 Å². The summed E-state index contributed by atoms with van der Waals surface area (Å²) < 4.78 is 11.8. The fourth-order valence-corrected chi connectivity index (χ4v) is 3.59. The Balaban J connectivity index is 0.00000261. The van der Waals surface area contributed by atoms with Crippen LogP contribution < -0.4 is 15.4 Å². The van der Waals surface area contributed by atoms with Crippen molar-refractivity contribution in [1.29, 1.82) is 0 Å². The second-order valence-corrected chi connectivity index (χ2v) is 7.40. The second kappa shape index (κ2) is 11.3.